The summed E-state index contributed by atoms with van der Waals surface area (Å²) in [6.45, 7) is 0.587. The second kappa shape index (κ2) is 6.66. The quantitative estimate of drug-likeness (QED) is 0.259. The largest absolute Gasteiger partial charge is 0.423 e. The molecule has 154 valence electrons. The lowest BCUT2D eigenvalue weighted by Crippen LogP contribution is -2.48. The highest BCUT2D eigenvalue weighted by molar-refractivity contribution is 7.89. The molecule has 2 aliphatic heterocycles. The number of fused-ring (bicyclic) bond motifs is 3. The molecule has 1 N–H and O–H groups in total. The van der Waals surface area contributed by atoms with Gasteiger partial charge in [0, 0.05) is 12.6 Å². The molecule has 2 heterocycles. The minimum atomic E-state index is -3.96. The van der Waals surface area contributed by atoms with Gasteiger partial charge in [-0.3, -0.25) is 0 Å². The number of benzene rings is 2. The third-order valence-electron chi connectivity index (χ3n) is 4.70. The summed E-state index contributed by atoms with van der Waals surface area (Å²) in [6, 6.07) is 3.45. The molecule has 0 aliphatic carbocycles. The maximum absolute atomic E-state index is 13.8. The molecule has 0 bridgehead atoms. The Hall–Kier alpha value is -2.73. The minimum Gasteiger partial charge on any atom is -0.423 e. The summed E-state index contributed by atoms with van der Waals surface area (Å²) >= 11 is 0. The van der Waals surface area contributed by atoms with Gasteiger partial charge in [-0.05, 0) is 25.0 Å². The minimum absolute atomic E-state index is 0.238. The van der Waals surface area contributed by atoms with E-state index in [1.165, 1.54) is 12.1 Å². The summed E-state index contributed by atoms with van der Waals surface area (Å²) in [6.07, 6.45) is 0.952. The number of hydrogen-bond acceptors (Lipinski definition) is 5. The van der Waals surface area contributed by atoms with E-state index in [0.29, 0.717) is 18.7 Å². The number of sulfonamides is 1. The molecule has 2 aliphatic rings. The number of carbonyl (C=O) groups excluding carboxylic acids is 1. The zero-order valence-corrected chi connectivity index (χ0v) is 15.1. The van der Waals surface area contributed by atoms with Crippen molar-refractivity contribution in [3.8, 4) is 5.75 Å². The van der Waals surface area contributed by atoms with Crippen LogP contribution in [0, 0.1) is 29.1 Å². The number of rotatable bonds is 2. The van der Waals surface area contributed by atoms with E-state index in [9.17, 15) is 35.2 Å². The highest BCUT2D eigenvalue weighted by Gasteiger charge is 2.38. The number of anilines is 1. The van der Waals surface area contributed by atoms with Gasteiger partial charge in [-0.25, -0.2) is 35.2 Å². The Kier molecular flexibility index (Phi) is 4.50. The van der Waals surface area contributed by atoms with Crippen molar-refractivity contribution in [2.45, 2.75) is 23.9 Å². The van der Waals surface area contributed by atoms with Gasteiger partial charge in [0.1, 0.15) is 16.2 Å². The Morgan fingerprint density at radius 1 is 1.03 bits per heavy atom. The van der Waals surface area contributed by atoms with Crippen molar-refractivity contribution in [1.29, 1.82) is 0 Å². The molecule has 1 atom stereocenters. The SMILES string of the molecule is O=C(Oc1ccc2c(c1)S(=O)(=O)NC1CCCN21)c1c(F)c(F)c(F)c(F)c1F. The topological polar surface area (TPSA) is 75.7 Å². The Morgan fingerprint density at radius 3 is 2.31 bits per heavy atom. The molecule has 1 saturated heterocycles. The van der Waals surface area contributed by atoms with Crippen LogP contribution < -0.4 is 14.4 Å². The standard InChI is InChI=1S/C17H11F5N2O4S/c18-12-11(13(19)15(21)16(22)14(12)20)17(25)28-7-3-4-8-9(6-7)29(26,27)23-10-2-1-5-24(8)10/h3-4,6,10,23H,1-2,5H2. The Morgan fingerprint density at radius 2 is 1.66 bits per heavy atom. The zero-order valence-electron chi connectivity index (χ0n) is 14.3. The molecular formula is C17H11F5N2O4S. The van der Waals surface area contributed by atoms with E-state index in [1.807, 2.05) is 0 Å². The van der Waals surface area contributed by atoms with E-state index in [0.717, 1.165) is 12.5 Å². The van der Waals surface area contributed by atoms with Gasteiger partial charge in [-0.15, -0.1) is 0 Å². The van der Waals surface area contributed by atoms with Crippen LogP contribution in [0.5, 0.6) is 5.75 Å². The van der Waals surface area contributed by atoms with Crippen molar-refractivity contribution in [3.05, 3.63) is 52.8 Å². The van der Waals surface area contributed by atoms with E-state index in [-0.39, 0.29) is 4.90 Å². The van der Waals surface area contributed by atoms with Crippen LogP contribution in [0.1, 0.15) is 23.2 Å². The molecule has 1 unspecified atom stereocenters. The van der Waals surface area contributed by atoms with E-state index in [1.54, 1.807) is 4.90 Å². The first-order valence-electron chi connectivity index (χ1n) is 8.28. The Bertz CT molecular complexity index is 1130. The van der Waals surface area contributed by atoms with Gasteiger partial charge in [-0.1, -0.05) is 0 Å². The number of halogens is 5. The van der Waals surface area contributed by atoms with Crippen molar-refractivity contribution in [2.75, 3.05) is 11.4 Å². The fourth-order valence-electron chi connectivity index (χ4n) is 3.37. The van der Waals surface area contributed by atoms with E-state index >= 15 is 0 Å². The van der Waals surface area contributed by atoms with Crippen LogP contribution in [0.15, 0.2) is 23.1 Å². The molecule has 2 aromatic carbocycles. The first-order chi connectivity index (χ1) is 13.6. The molecule has 4 rings (SSSR count). The fourth-order valence-corrected chi connectivity index (χ4v) is 4.83. The molecule has 0 amide bonds. The molecule has 1 fully saturated rings. The highest BCUT2D eigenvalue weighted by Crippen LogP contribution is 2.37. The normalized spacial score (nSPS) is 19.6. The van der Waals surface area contributed by atoms with Gasteiger partial charge in [0.15, 0.2) is 23.3 Å². The van der Waals surface area contributed by atoms with Crippen LogP contribution in [-0.4, -0.2) is 27.1 Å². The summed E-state index contributed by atoms with van der Waals surface area (Å²) in [5, 5.41) is 0. The van der Waals surface area contributed by atoms with Crippen molar-refractivity contribution in [2.24, 2.45) is 0 Å². The van der Waals surface area contributed by atoms with Crippen molar-refractivity contribution >= 4 is 21.7 Å². The van der Waals surface area contributed by atoms with Gasteiger partial charge in [-0.2, -0.15) is 4.72 Å². The lowest BCUT2D eigenvalue weighted by atomic mass is 10.1. The van der Waals surface area contributed by atoms with Crippen LogP contribution in [0.2, 0.25) is 0 Å². The van der Waals surface area contributed by atoms with Gasteiger partial charge in [0.05, 0.1) is 11.9 Å². The molecule has 12 heteroatoms. The molecule has 29 heavy (non-hydrogen) atoms. The van der Waals surface area contributed by atoms with Crippen LogP contribution in [0.4, 0.5) is 27.6 Å². The lowest BCUT2D eigenvalue weighted by molar-refractivity contribution is 0.0720. The van der Waals surface area contributed by atoms with Gasteiger partial charge < -0.3 is 9.64 Å². The van der Waals surface area contributed by atoms with Crippen molar-refractivity contribution in [3.63, 3.8) is 0 Å². The molecular weight excluding hydrogens is 423 g/mol. The predicted molar refractivity (Wildman–Crippen MR) is 88.3 cm³/mol. The first kappa shape index (κ1) is 19.6. The van der Waals surface area contributed by atoms with Crippen LogP contribution in [0.3, 0.4) is 0 Å². The molecule has 0 aromatic heterocycles. The van der Waals surface area contributed by atoms with E-state index in [4.69, 9.17) is 4.74 Å². The third-order valence-corrected chi connectivity index (χ3v) is 6.19. The average molecular weight is 434 g/mol. The predicted octanol–water partition coefficient (Wildman–Crippen LogP) is 2.82. The number of nitrogens with one attached hydrogen (secondary N) is 1. The summed E-state index contributed by atoms with van der Waals surface area (Å²) in [5.41, 5.74) is -1.43. The lowest BCUT2D eigenvalue weighted by Gasteiger charge is -2.33. The van der Waals surface area contributed by atoms with Crippen LogP contribution in [-0.2, 0) is 10.0 Å². The second-order valence-electron chi connectivity index (χ2n) is 6.44. The molecule has 0 saturated carbocycles. The summed E-state index contributed by atoms with van der Waals surface area (Å²) in [5.74, 6) is -14.0. The summed E-state index contributed by atoms with van der Waals surface area (Å²) in [4.78, 5) is 13.6. The van der Waals surface area contributed by atoms with Gasteiger partial charge in [0.2, 0.25) is 15.8 Å². The van der Waals surface area contributed by atoms with E-state index < -0.39 is 62.6 Å². The number of carbonyl (C=O) groups is 1. The van der Waals surface area contributed by atoms with Crippen LogP contribution in [0.25, 0.3) is 0 Å². The molecule has 0 radical (unpaired) electrons. The van der Waals surface area contributed by atoms with Crippen molar-refractivity contribution in [1.82, 2.24) is 4.72 Å². The Balaban J connectivity index is 1.71. The summed E-state index contributed by atoms with van der Waals surface area (Å²) in [7, 11) is -3.96. The maximum Gasteiger partial charge on any atom is 0.349 e. The first-order valence-corrected chi connectivity index (χ1v) is 9.77. The molecule has 6 nitrogen and oxygen atoms in total. The number of esters is 1. The Labute approximate surface area is 160 Å². The van der Waals surface area contributed by atoms with E-state index in [2.05, 4.69) is 4.72 Å². The number of ether oxygens (including phenoxy) is 1. The highest BCUT2D eigenvalue weighted by atomic mass is 32.2. The van der Waals surface area contributed by atoms with Gasteiger partial charge in [0.25, 0.3) is 0 Å². The zero-order chi connectivity index (χ0) is 21.1. The monoisotopic (exact) mass is 434 g/mol. The maximum atomic E-state index is 13.8. The molecule has 0 spiro atoms. The number of hydrogen-bond donors (Lipinski definition) is 1. The fraction of sp³-hybridized carbons (Fsp3) is 0.235. The second-order valence-corrected chi connectivity index (χ2v) is 8.12. The smallest absolute Gasteiger partial charge is 0.349 e. The van der Waals surface area contributed by atoms with Crippen LogP contribution >= 0.6 is 0 Å². The van der Waals surface area contributed by atoms with Crippen molar-refractivity contribution < 1.29 is 39.9 Å². The molecule has 2 aromatic rings. The third kappa shape index (κ3) is 3.02. The number of nitrogens with zero attached hydrogens (tertiary/aromatic N) is 1. The average Bonchev–Trinajstić information content (AvgIpc) is 3.12. The summed E-state index contributed by atoms with van der Waals surface area (Å²) < 4.78 is 99.2. The van der Waals surface area contributed by atoms with Gasteiger partial charge >= 0.3 is 5.97 Å².